The van der Waals surface area contributed by atoms with Crippen LogP contribution in [0.15, 0.2) is 65.8 Å². The summed E-state index contributed by atoms with van der Waals surface area (Å²) >= 11 is 1.73. The maximum absolute atomic E-state index is 12.7. The second-order valence-corrected chi connectivity index (χ2v) is 8.30. The van der Waals surface area contributed by atoms with Crippen LogP contribution in [0, 0.1) is 5.82 Å². The van der Waals surface area contributed by atoms with E-state index in [2.05, 4.69) is 25.9 Å². The van der Waals surface area contributed by atoms with Crippen LogP contribution in [-0.4, -0.2) is 40.3 Å². The molecule has 0 spiro atoms. The molecule has 0 saturated carbocycles. The molecule has 10 heteroatoms. The number of hydrogen-bond donors (Lipinski definition) is 1. The summed E-state index contributed by atoms with van der Waals surface area (Å²) in [4.78, 5) is 17.2. The Balaban J connectivity index is 0.000000230. The summed E-state index contributed by atoms with van der Waals surface area (Å²) in [7, 11) is 0. The van der Waals surface area contributed by atoms with Gasteiger partial charge >= 0.3 is 6.61 Å². The lowest BCUT2D eigenvalue weighted by Gasteiger charge is -2.19. The second kappa shape index (κ2) is 14.3. The number of nitrogens with zero attached hydrogens (tertiary/aromatic N) is 3. The molecule has 1 saturated heterocycles. The number of aromatic nitrogens is 2. The Morgan fingerprint density at radius 1 is 1.15 bits per heavy atom. The Kier molecular flexibility index (Phi) is 11.5. The van der Waals surface area contributed by atoms with E-state index in [1.54, 1.807) is 30.1 Å². The molecule has 0 bridgehead atoms. The van der Waals surface area contributed by atoms with Gasteiger partial charge in [0.25, 0.3) is 0 Å². The number of nitrogens with two attached hydrogens (primary N) is 1. The lowest BCUT2D eigenvalue weighted by molar-refractivity contribution is -0.0980. The summed E-state index contributed by atoms with van der Waals surface area (Å²) in [6.45, 7) is 2.88. The van der Waals surface area contributed by atoms with Crippen molar-refractivity contribution in [3.8, 4) is 17.0 Å². The minimum atomic E-state index is -2.82. The molecule has 1 aliphatic heterocycles. The molecule has 4 rings (SSSR count). The molecule has 1 atom stereocenters. The smallest absolute Gasteiger partial charge is 0.387 e. The molecular formula is C24H27F3N4O2S. The standard InChI is InChI=1S/C12H11F2N3O.C11H14FNS.CH2O/c13-12(14)18-10-3-1-8(2-4-10)11-5-9(6-15)16-7-17-11;1-9-3-2-8-13(9)14-11-6-4-10(12)5-7-11;1-2/h1-5,7,12H,6,15H2;4-7,9H,2-3,8H2,1H3;1H2. The normalized spacial score (nSPS) is 15.2. The minimum Gasteiger partial charge on any atom is -0.435 e. The summed E-state index contributed by atoms with van der Waals surface area (Å²) in [5.74, 6) is -0.0503. The number of rotatable bonds is 6. The summed E-state index contributed by atoms with van der Waals surface area (Å²) in [6.07, 6.45) is 3.96. The molecule has 1 aliphatic rings. The van der Waals surface area contributed by atoms with Crippen LogP contribution >= 0.6 is 11.9 Å². The van der Waals surface area contributed by atoms with Crippen molar-refractivity contribution in [2.24, 2.45) is 5.73 Å². The predicted octanol–water partition coefficient (Wildman–Crippen LogP) is 5.34. The highest BCUT2D eigenvalue weighted by Gasteiger charge is 2.20. The fourth-order valence-corrected chi connectivity index (χ4v) is 4.18. The van der Waals surface area contributed by atoms with Crippen LogP contribution in [0.1, 0.15) is 25.5 Å². The number of benzene rings is 2. The van der Waals surface area contributed by atoms with Gasteiger partial charge in [0.1, 0.15) is 24.7 Å². The largest absolute Gasteiger partial charge is 0.435 e. The van der Waals surface area contributed by atoms with Crippen molar-refractivity contribution in [1.29, 1.82) is 0 Å². The van der Waals surface area contributed by atoms with E-state index in [0.29, 0.717) is 24.0 Å². The lowest BCUT2D eigenvalue weighted by atomic mass is 10.1. The van der Waals surface area contributed by atoms with E-state index in [4.69, 9.17) is 10.5 Å². The van der Waals surface area contributed by atoms with E-state index >= 15 is 0 Å². The molecule has 182 valence electrons. The van der Waals surface area contributed by atoms with Crippen molar-refractivity contribution in [1.82, 2.24) is 14.3 Å². The quantitative estimate of drug-likeness (QED) is 0.466. The predicted molar refractivity (Wildman–Crippen MR) is 127 cm³/mol. The third kappa shape index (κ3) is 8.77. The maximum atomic E-state index is 12.7. The van der Waals surface area contributed by atoms with Crippen molar-refractivity contribution in [3.05, 3.63) is 72.4 Å². The van der Waals surface area contributed by atoms with Crippen LogP contribution in [0.5, 0.6) is 5.75 Å². The molecular weight excluding hydrogens is 465 g/mol. The van der Waals surface area contributed by atoms with E-state index in [-0.39, 0.29) is 11.6 Å². The van der Waals surface area contributed by atoms with Gasteiger partial charge in [0, 0.05) is 29.6 Å². The number of ether oxygens (including phenoxy) is 1. The van der Waals surface area contributed by atoms with Gasteiger partial charge in [0.15, 0.2) is 0 Å². The Bertz CT molecular complexity index is 994. The topological polar surface area (TPSA) is 81.3 Å². The first-order chi connectivity index (χ1) is 16.4. The van der Waals surface area contributed by atoms with E-state index < -0.39 is 6.61 Å². The van der Waals surface area contributed by atoms with Gasteiger partial charge in [-0.2, -0.15) is 8.78 Å². The van der Waals surface area contributed by atoms with E-state index in [9.17, 15) is 13.2 Å². The molecule has 0 amide bonds. The highest BCUT2D eigenvalue weighted by atomic mass is 32.2. The first-order valence-electron chi connectivity index (χ1n) is 10.5. The molecule has 2 heterocycles. The molecule has 1 aromatic heterocycles. The third-order valence-electron chi connectivity index (χ3n) is 4.84. The fourth-order valence-electron chi connectivity index (χ4n) is 3.15. The van der Waals surface area contributed by atoms with Crippen LogP contribution in [0.2, 0.25) is 0 Å². The Morgan fingerprint density at radius 2 is 1.82 bits per heavy atom. The average molecular weight is 493 g/mol. The van der Waals surface area contributed by atoms with Gasteiger partial charge in [0.2, 0.25) is 0 Å². The summed E-state index contributed by atoms with van der Waals surface area (Å²) < 4.78 is 43.3. The number of hydrogen-bond acceptors (Lipinski definition) is 7. The molecule has 34 heavy (non-hydrogen) atoms. The lowest BCUT2D eigenvalue weighted by Crippen LogP contribution is -2.18. The molecule has 2 N–H and O–H groups in total. The summed E-state index contributed by atoms with van der Waals surface area (Å²) in [5, 5.41) is 0. The summed E-state index contributed by atoms with van der Waals surface area (Å²) in [5.41, 5.74) is 7.67. The van der Waals surface area contributed by atoms with Crippen LogP contribution in [0.3, 0.4) is 0 Å². The number of carbonyl (C=O) groups is 1. The second-order valence-electron chi connectivity index (χ2n) is 7.18. The molecule has 2 aromatic carbocycles. The molecule has 1 unspecified atom stereocenters. The average Bonchev–Trinajstić information content (AvgIpc) is 3.26. The summed E-state index contributed by atoms with van der Waals surface area (Å²) in [6, 6.07) is 15.3. The van der Waals surface area contributed by atoms with Gasteiger partial charge in [-0.15, -0.1) is 0 Å². The zero-order chi connectivity index (χ0) is 24.9. The van der Waals surface area contributed by atoms with Gasteiger partial charge in [-0.3, -0.25) is 0 Å². The van der Waals surface area contributed by atoms with Gasteiger partial charge in [-0.1, -0.05) is 0 Å². The third-order valence-corrected chi connectivity index (χ3v) is 6.10. The highest BCUT2D eigenvalue weighted by Crippen LogP contribution is 2.30. The monoisotopic (exact) mass is 492 g/mol. The van der Waals surface area contributed by atoms with Gasteiger partial charge < -0.3 is 15.3 Å². The van der Waals surface area contributed by atoms with Crippen molar-refractivity contribution >= 4 is 18.7 Å². The number of carbonyl (C=O) groups excluding carboxylic acids is 1. The molecule has 0 aliphatic carbocycles. The van der Waals surface area contributed by atoms with E-state index in [1.165, 1.54) is 43.4 Å². The Hall–Kier alpha value is -2.95. The Morgan fingerprint density at radius 3 is 2.38 bits per heavy atom. The van der Waals surface area contributed by atoms with Crippen LogP contribution in [0.25, 0.3) is 11.3 Å². The molecule has 6 nitrogen and oxygen atoms in total. The van der Waals surface area contributed by atoms with Crippen LogP contribution in [0.4, 0.5) is 13.2 Å². The first-order valence-corrected chi connectivity index (χ1v) is 11.3. The van der Waals surface area contributed by atoms with E-state index in [1.807, 2.05) is 18.9 Å². The molecule has 3 aromatic rings. The zero-order valence-electron chi connectivity index (χ0n) is 18.7. The van der Waals surface area contributed by atoms with Gasteiger partial charge in [0.05, 0.1) is 11.4 Å². The van der Waals surface area contributed by atoms with Crippen LogP contribution < -0.4 is 10.5 Å². The molecule has 0 radical (unpaired) electrons. The van der Waals surface area contributed by atoms with Crippen molar-refractivity contribution < 1.29 is 22.7 Å². The zero-order valence-corrected chi connectivity index (χ0v) is 19.6. The Labute approximate surface area is 201 Å². The molecule has 1 fully saturated rings. The van der Waals surface area contributed by atoms with Crippen molar-refractivity contribution in [3.63, 3.8) is 0 Å². The van der Waals surface area contributed by atoms with E-state index in [0.717, 1.165) is 17.0 Å². The van der Waals surface area contributed by atoms with Crippen LogP contribution in [-0.2, 0) is 11.3 Å². The number of alkyl halides is 2. The maximum Gasteiger partial charge on any atom is 0.387 e. The van der Waals surface area contributed by atoms with Crippen molar-refractivity contribution in [2.75, 3.05) is 6.54 Å². The minimum absolute atomic E-state index is 0.113. The van der Waals surface area contributed by atoms with Gasteiger partial charge in [-0.05, 0) is 86.3 Å². The SMILES string of the molecule is C=O.CC1CCCN1Sc1ccc(F)cc1.NCc1cc(-c2ccc(OC(F)F)cc2)ncn1. The van der Waals surface area contributed by atoms with Gasteiger partial charge in [-0.25, -0.2) is 18.7 Å². The number of halogens is 3. The first kappa shape index (κ1) is 27.3. The highest BCUT2D eigenvalue weighted by molar-refractivity contribution is 7.97. The fraction of sp³-hybridized carbons (Fsp3) is 0.292. The van der Waals surface area contributed by atoms with Crippen molar-refractivity contribution in [2.45, 2.75) is 43.9 Å².